The molecule has 1 atom stereocenters. The normalized spacial score (nSPS) is 22.7. The van der Waals surface area contributed by atoms with E-state index < -0.39 is 0 Å². The molecule has 24 heavy (non-hydrogen) atoms. The molecule has 2 amide bonds. The summed E-state index contributed by atoms with van der Waals surface area (Å²) in [6.45, 7) is 5.39. The summed E-state index contributed by atoms with van der Waals surface area (Å²) in [5.41, 5.74) is 1.37. The summed E-state index contributed by atoms with van der Waals surface area (Å²) in [6, 6.07) is 10.6. The Morgan fingerprint density at radius 1 is 1.12 bits per heavy atom. The van der Waals surface area contributed by atoms with Gasteiger partial charge in [-0.15, -0.1) is 0 Å². The number of amides is 2. The van der Waals surface area contributed by atoms with Crippen molar-refractivity contribution in [3.8, 4) is 0 Å². The number of benzene rings is 1. The lowest BCUT2D eigenvalue weighted by Gasteiger charge is -2.29. The SMILES string of the molecule is O=C(NCC[C@H]1CCN(Cc2ccccc2)C1)N1CCC(O)CC1. The standard InChI is InChI=1S/C19H29N3O2/c23-18-8-12-22(13-9-18)19(24)20-10-6-17-7-11-21(15-17)14-16-4-2-1-3-5-16/h1-5,17-18,23H,6-15H2,(H,20,24)/t17-/m0/s1. The lowest BCUT2D eigenvalue weighted by Crippen LogP contribution is -2.45. The first-order chi connectivity index (χ1) is 11.7. The molecule has 2 saturated heterocycles. The molecule has 0 aliphatic carbocycles. The second kappa shape index (κ2) is 8.49. The first-order valence-corrected chi connectivity index (χ1v) is 9.18. The van der Waals surface area contributed by atoms with Crippen LogP contribution in [0, 0.1) is 5.92 Å². The molecule has 5 heteroatoms. The number of carbonyl (C=O) groups is 1. The molecule has 0 aromatic heterocycles. The van der Waals surface area contributed by atoms with Crippen LogP contribution in [0.1, 0.15) is 31.2 Å². The van der Waals surface area contributed by atoms with Crippen LogP contribution in [0.5, 0.6) is 0 Å². The molecule has 0 bridgehead atoms. The van der Waals surface area contributed by atoms with Crippen molar-refractivity contribution >= 4 is 6.03 Å². The monoisotopic (exact) mass is 331 g/mol. The smallest absolute Gasteiger partial charge is 0.317 e. The second-order valence-electron chi connectivity index (χ2n) is 7.11. The minimum atomic E-state index is -0.233. The summed E-state index contributed by atoms with van der Waals surface area (Å²) in [6.07, 6.45) is 3.43. The fourth-order valence-electron chi connectivity index (χ4n) is 3.70. The number of likely N-dealkylation sites (tertiary alicyclic amines) is 2. The van der Waals surface area contributed by atoms with Gasteiger partial charge in [0.2, 0.25) is 0 Å². The summed E-state index contributed by atoms with van der Waals surface area (Å²) in [5.74, 6) is 0.678. The van der Waals surface area contributed by atoms with Crippen molar-refractivity contribution in [3.05, 3.63) is 35.9 Å². The van der Waals surface area contributed by atoms with E-state index >= 15 is 0 Å². The Hall–Kier alpha value is -1.59. The van der Waals surface area contributed by atoms with Gasteiger partial charge >= 0.3 is 6.03 Å². The number of carbonyl (C=O) groups excluding carboxylic acids is 1. The zero-order chi connectivity index (χ0) is 16.8. The zero-order valence-electron chi connectivity index (χ0n) is 14.4. The van der Waals surface area contributed by atoms with Crippen molar-refractivity contribution in [3.63, 3.8) is 0 Å². The third-order valence-corrected chi connectivity index (χ3v) is 5.20. The topological polar surface area (TPSA) is 55.8 Å². The number of piperidine rings is 1. The zero-order valence-corrected chi connectivity index (χ0v) is 14.4. The highest BCUT2D eigenvalue weighted by Crippen LogP contribution is 2.21. The van der Waals surface area contributed by atoms with Gasteiger partial charge in [0.1, 0.15) is 0 Å². The van der Waals surface area contributed by atoms with Gasteiger partial charge in [0, 0.05) is 32.7 Å². The van der Waals surface area contributed by atoms with E-state index in [1.165, 1.54) is 12.0 Å². The molecule has 5 nitrogen and oxygen atoms in total. The Bertz CT molecular complexity index is 515. The highest BCUT2D eigenvalue weighted by molar-refractivity contribution is 5.74. The highest BCUT2D eigenvalue weighted by atomic mass is 16.3. The Kier molecular flexibility index (Phi) is 6.10. The van der Waals surface area contributed by atoms with Gasteiger partial charge in [0.25, 0.3) is 0 Å². The van der Waals surface area contributed by atoms with Gasteiger partial charge in [-0.2, -0.15) is 0 Å². The molecule has 0 spiro atoms. The fraction of sp³-hybridized carbons (Fsp3) is 0.632. The van der Waals surface area contributed by atoms with Gasteiger partial charge in [-0.05, 0) is 43.7 Å². The average Bonchev–Trinajstić information content (AvgIpc) is 3.03. The summed E-state index contributed by atoms with van der Waals surface area (Å²) in [4.78, 5) is 16.4. The van der Waals surface area contributed by atoms with Gasteiger partial charge in [-0.1, -0.05) is 30.3 Å². The molecule has 2 aliphatic rings. The van der Waals surface area contributed by atoms with Gasteiger partial charge in [-0.3, -0.25) is 4.90 Å². The number of hydrogen-bond donors (Lipinski definition) is 2. The van der Waals surface area contributed by atoms with Crippen LogP contribution in [-0.4, -0.2) is 59.8 Å². The lowest BCUT2D eigenvalue weighted by atomic mass is 10.1. The third-order valence-electron chi connectivity index (χ3n) is 5.20. The molecule has 0 radical (unpaired) electrons. The van der Waals surface area contributed by atoms with Crippen LogP contribution >= 0.6 is 0 Å². The Morgan fingerprint density at radius 3 is 2.62 bits per heavy atom. The minimum Gasteiger partial charge on any atom is -0.393 e. The van der Waals surface area contributed by atoms with Gasteiger partial charge < -0.3 is 15.3 Å². The molecule has 3 rings (SSSR count). The minimum absolute atomic E-state index is 0.0287. The van der Waals surface area contributed by atoms with Gasteiger partial charge in [0.15, 0.2) is 0 Å². The quantitative estimate of drug-likeness (QED) is 0.868. The number of rotatable bonds is 5. The Balaban J connectivity index is 1.32. The van der Waals surface area contributed by atoms with Crippen molar-refractivity contribution in [1.82, 2.24) is 15.1 Å². The van der Waals surface area contributed by atoms with Crippen molar-refractivity contribution in [1.29, 1.82) is 0 Å². The second-order valence-corrected chi connectivity index (χ2v) is 7.11. The maximum Gasteiger partial charge on any atom is 0.317 e. The fourth-order valence-corrected chi connectivity index (χ4v) is 3.70. The van der Waals surface area contributed by atoms with Crippen molar-refractivity contribution in [2.75, 3.05) is 32.7 Å². The summed E-state index contributed by atoms with van der Waals surface area (Å²) in [5, 5.41) is 12.5. The molecule has 132 valence electrons. The van der Waals surface area contributed by atoms with Crippen LogP contribution in [0.4, 0.5) is 4.79 Å². The first kappa shape index (κ1) is 17.2. The molecule has 1 aromatic carbocycles. The van der Waals surface area contributed by atoms with Crippen LogP contribution in [0.3, 0.4) is 0 Å². The molecule has 2 heterocycles. The van der Waals surface area contributed by atoms with Gasteiger partial charge in [-0.25, -0.2) is 4.79 Å². The molecule has 2 aliphatic heterocycles. The number of hydrogen-bond acceptors (Lipinski definition) is 3. The van der Waals surface area contributed by atoms with E-state index in [0.717, 1.165) is 32.6 Å². The molecule has 0 unspecified atom stereocenters. The van der Waals surface area contributed by atoms with Crippen LogP contribution in [0.25, 0.3) is 0 Å². The number of nitrogens with zero attached hydrogens (tertiary/aromatic N) is 2. The van der Waals surface area contributed by atoms with E-state index in [-0.39, 0.29) is 12.1 Å². The predicted octanol–water partition coefficient (Wildman–Crippen LogP) is 2.06. The molecule has 1 aromatic rings. The lowest BCUT2D eigenvalue weighted by molar-refractivity contribution is 0.0936. The maximum absolute atomic E-state index is 12.1. The number of aliphatic hydroxyl groups is 1. The van der Waals surface area contributed by atoms with Crippen molar-refractivity contribution < 1.29 is 9.90 Å². The van der Waals surface area contributed by atoms with E-state index in [1.807, 2.05) is 4.90 Å². The summed E-state index contributed by atoms with van der Waals surface area (Å²) in [7, 11) is 0. The number of nitrogens with one attached hydrogen (secondary N) is 1. The van der Waals surface area contributed by atoms with E-state index in [4.69, 9.17) is 0 Å². The Morgan fingerprint density at radius 2 is 1.88 bits per heavy atom. The molecule has 2 fully saturated rings. The summed E-state index contributed by atoms with van der Waals surface area (Å²) >= 11 is 0. The van der Waals surface area contributed by atoms with E-state index in [2.05, 4.69) is 40.5 Å². The number of urea groups is 1. The van der Waals surface area contributed by atoms with Crippen LogP contribution in [0.2, 0.25) is 0 Å². The maximum atomic E-state index is 12.1. The van der Waals surface area contributed by atoms with Crippen LogP contribution < -0.4 is 5.32 Å². The highest BCUT2D eigenvalue weighted by Gasteiger charge is 2.24. The van der Waals surface area contributed by atoms with E-state index in [0.29, 0.717) is 31.8 Å². The molecule has 0 saturated carbocycles. The van der Waals surface area contributed by atoms with E-state index in [1.54, 1.807) is 0 Å². The molecular weight excluding hydrogens is 302 g/mol. The van der Waals surface area contributed by atoms with Crippen LogP contribution in [-0.2, 0) is 6.54 Å². The Labute approximate surface area is 144 Å². The van der Waals surface area contributed by atoms with E-state index in [9.17, 15) is 9.90 Å². The van der Waals surface area contributed by atoms with Crippen molar-refractivity contribution in [2.24, 2.45) is 5.92 Å². The number of aliphatic hydroxyl groups excluding tert-OH is 1. The molecule has 2 N–H and O–H groups in total. The predicted molar refractivity (Wildman–Crippen MR) is 94.7 cm³/mol. The largest absolute Gasteiger partial charge is 0.393 e. The van der Waals surface area contributed by atoms with Gasteiger partial charge in [0.05, 0.1) is 6.10 Å². The van der Waals surface area contributed by atoms with Crippen LogP contribution in [0.15, 0.2) is 30.3 Å². The van der Waals surface area contributed by atoms with Crippen molar-refractivity contribution in [2.45, 2.75) is 38.3 Å². The first-order valence-electron chi connectivity index (χ1n) is 9.18. The summed E-state index contributed by atoms with van der Waals surface area (Å²) < 4.78 is 0. The third kappa shape index (κ3) is 4.95. The average molecular weight is 331 g/mol. The molecular formula is C19H29N3O2.